The van der Waals surface area contributed by atoms with E-state index < -0.39 is 0 Å². The highest BCUT2D eigenvalue weighted by atomic mass is 35.5. The standard InChI is InChI=1S/C18H16ClN3O2/c19-14-7-5-13(6-8-14)9-10-20-18(24)12-22-16-4-2-1-3-15(16)17(23)11-21-22/h1-8,11H,9-10,12H2,(H,20,24). The lowest BCUT2D eigenvalue weighted by Crippen LogP contribution is -2.30. The number of para-hydroxylation sites is 1. The second kappa shape index (κ2) is 7.27. The molecule has 6 heteroatoms. The van der Waals surface area contributed by atoms with Crippen LogP contribution in [0.5, 0.6) is 0 Å². The number of halogens is 1. The predicted octanol–water partition coefficient (Wildman–Crippen LogP) is 2.41. The average Bonchev–Trinajstić information content (AvgIpc) is 2.59. The van der Waals surface area contributed by atoms with Crippen LogP contribution in [-0.2, 0) is 17.8 Å². The van der Waals surface area contributed by atoms with E-state index in [9.17, 15) is 9.59 Å². The third kappa shape index (κ3) is 3.81. The molecule has 0 aliphatic carbocycles. The van der Waals surface area contributed by atoms with Gasteiger partial charge in [0.2, 0.25) is 11.3 Å². The van der Waals surface area contributed by atoms with Gasteiger partial charge in [0, 0.05) is 17.0 Å². The van der Waals surface area contributed by atoms with Crippen LogP contribution in [0.15, 0.2) is 59.5 Å². The highest BCUT2D eigenvalue weighted by Crippen LogP contribution is 2.10. The zero-order valence-corrected chi connectivity index (χ0v) is 13.7. The number of carbonyl (C=O) groups is 1. The molecule has 3 aromatic rings. The summed E-state index contributed by atoms with van der Waals surface area (Å²) in [4.78, 5) is 23.9. The second-order valence-electron chi connectivity index (χ2n) is 5.41. The fraction of sp³-hybridized carbons (Fsp3) is 0.167. The van der Waals surface area contributed by atoms with Gasteiger partial charge in [0.1, 0.15) is 6.54 Å². The number of hydrogen-bond donors (Lipinski definition) is 1. The molecule has 0 fully saturated rings. The fourth-order valence-corrected chi connectivity index (χ4v) is 2.60. The first-order valence-corrected chi connectivity index (χ1v) is 7.97. The number of rotatable bonds is 5. The molecule has 0 aliphatic heterocycles. The average molecular weight is 342 g/mol. The van der Waals surface area contributed by atoms with E-state index >= 15 is 0 Å². The fourth-order valence-electron chi connectivity index (χ4n) is 2.48. The Morgan fingerprint density at radius 3 is 2.67 bits per heavy atom. The summed E-state index contributed by atoms with van der Waals surface area (Å²) in [5, 5.41) is 8.16. The molecular formula is C18H16ClN3O2. The number of nitrogens with one attached hydrogen (secondary N) is 1. The molecule has 1 N–H and O–H groups in total. The Morgan fingerprint density at radius 2 is 1.88 bits per heavy atom. The van der Waals surface area contributed by atoms with Crippen molar-refractivity contribution < 1.29 is 4.79 Å². The van der Waals surface area contributed by atoms with Crippen LogP contribution in [0.25, 0.3) is 10.9 Å². The van der Waals surface area contributed by atoms with Crippen molar-refractivity contribution in [3.05, 3.63) is 75.5 Å². The third-order valence-electron chi connectivity index (χ3n) is 3.70. The minimum absolute atomic E-state index is 0.0708. The van der Waals surface area contributed by atoms with Crippen molar-refractivity contribution in [3.63, 3.8) is 0 Å². The lowest BCUT2D eigenvalue weighted by Gasteiger charge is -2.10. The molecule has 0 saturated heterocycles. The lowest BCUT2D eigenvalue weighted by molar-refractivity contribution is -0.121. The number of nitrogens with zero attached hydrogens (tertiary/aromatic N) is 2. The van der Waals surface area contributed by atoms with Crippen LogP contribution in [0.1, 0.15) is 5.56 Å². The van der Waals surface area contributed by atoms with Crippen LogP contribution < -0.4 is 10.7 Å². The van der Waals surface area contributed by atoms with Gasteiger partial charge in [-0.05, 0) is 36.2 Å². The Labute approximate surface area is 143 Å². The smallest absolute Gasteiger partial charge is 0.241 e. The van der Waals surface area contributed by atoms with Gasteiger partial charge in [-0.2, -0.15) is 5.10 Å². The summed E-state index contributed by atoms with van der Waals surface area (Å²) in [6, 6.07) is 14.7. The van der Waals surface area contributed by atoms with Crippen LogP contribution >= 0.6 is 11.6 Å². The summed E-state index contributed by atoms with van der Waals surface area (Å²) >= 11 is 5.84. The Morgan fingerprint density at radius 1 is 1.12 bits per heavy atom. The Bertz CT molecular complexity index is 919. The second-order valence-corrected chi connectivity index (χ2v) is 5.85. The first kappa shape index (κ1) is 16.2. The molecule has 0 radical (unpaired) electrons. The summed E-state index contributed by atoms with van der Waals surface area (Å²) in [7, 11) is 0. The Balaban J connectivity index is 1.62. The van der Waals surface area contributed by atoms with E-state index in [2.05, 4.69) is 10.4 Å². The monoisotopic (exact) mass is 341 g/mol. The van der Waals surface area contributed by atoms with Crippen molar-refractivity contribution in [1.82, 2.24) is 15.1 Å². The molecule has 0 unspecified atom stereocenters. The normalized spacial score (nSPS) is 10.7. The number of benzene rings is 2. The summed E-state index contributed by atoms with van der Waals surface area (Å²) in [6.45, 7) is 0.597. The molecule has 0 saturated carbocycles. The summed E-state index contributed by atoms with van der Waals surface area (Å²) < 4.78 is 1.54. The minimum atomic E-state index is -0.148. The van der Waals surface area contributed by atoms with E-state index in [0.29, 0.717) is 22.5 Å². The number of aromatic nitrogens is 2. The van der Waals surface area contributed by atoms with Crippen molar-refractivity contribution >= 4 is 28.4 Å². The molecule has 1 heterocycles. The van der Waals surface area contributed by atoms with Crippen LogP contribution in [0, 0.1) is 0 Å². The van der Waals surface area contributed by atoms with E-state index in [1.54, 1.807) is 18.2 Å². The largest absolute Gasteiger partial charge is 0.354 e. The van der Waals surface area contributed by atoms with Crippen molar-refractivity contribution in [3.8, 4) is 0 Å². The van der Waals surface area contributed by atoms with Crippen molar-refractivity contribution in [2.24, 2.45) is 0 Å². The maximum Gasteiger partial charge on any atom is 0.241 e. The van der Waals surface area contributed by atoms with Gasteiger partial charge in [-0.25, -0.2) is 0 Å². The van der Waals surface area contributed by atoms with E-state index in [1.165, 1.54) is 10.9 Å². The van der Waals surface area contributed by atoms with Gasteiger partial charge in [-0.1, -0.05) is 35.9 Å². The molecular weight excluding hydrogens is 326 g/mol. The van der Waals surface area contributed by atoms with E-state index in [4.69, 9.17) is 11.6 Å². The van der Waals surface area contributed by atoms with Crippen molar-refractivity contribution in [2.75, 3.05) is 6.54 Å². The van der Waals surface area contributed by atoms with E-state index in [-0.39, 0.29) is 17.9 Å². The molecule has 0 spiro atoms. The minimum Gasteiger partial charge on any atom is -0.354 e. The van der Waals surface area contributed by atoms with Crippen LogP contribution in [0.4, 0.5) is 0 Å². The summed E-state index contributed by atoms with van der Waals surface area (Å²) in [6.07, 6.45) is 1.96. The molecule has 3 rings (SSSR count). The zero-order valence-electron chi connectivity index (χ0n) is 12.9. The lowest BCUT2D eigenvalue weighted by atomic mass is 10.1. The van der Waals surface area contributed by atoms with E-state index in [0.717, 1.165) is 12.0 Å². The van der Waals surface area contributed by atoms with Gasteiger partial charge in [0.05, 0.1) is 11.7 Å². The molecule has 1 amide bonds. The maximum absolute atomic E-state index is 12.1. The SMILES string of the molecule is O=C(Cn1ncc(=O)c2ccccc21)NCCc1ccc(Cl)cc1. The number of carbonyl (C=O) groups excluding carboxylic acids is 1. The first-order chi connectivity index (χ1) is 11.6. The van der Waals surface area contributed by atoms with Gasteiger partial charge >= 0.3 is 0 Å². The van der Waals surface area contributed by atoms with Crippen molar-refractivity contribution in [2.45, 2.75) is 13.0 Å². The molecule has 5 nitrogen and oxygen atoms in total. The summed E-state index contributed by atoms with van der Waals surface area (Å²) in [5.41, 5.74) is 1.61. The maximum atomic E-state index is 12.1. The van der Waals surface area contributed by atoms with E-state index in [1.807, 2.05) is 30.3 Å². The predicted molar refractivity (Wildman–Crippen MR) is 94.2 cm³/mol. The van der Waals surface area contributed by atoms with Gasteiger partial charge < -0.3 is 5.32 Å². The molecule has 0 bridgehead atoms. The topological polar surface area (TPSA) is 64.0 Å². The molecule has 122 valence electrons. The third-order valence-corrected chi connectivity index (χ3v) is 3.96. The molecule has 1 aromatic heterocycles. The van der Waals surface area contributed by atoms with Gasteiger partial charge in [0.25, 0.3) is 0 Å². The molecule has 2 aromatic carbocycles. The van der Waals surface area contributed by atoms with Crippen LogP contribution in [0.3, 0.4) is 0 Å². The van der Waals surface area contributed by atoms with Crippen molar-refractivity contribution in [1.29, 1.82) is 0 Å². The quantitative estimate of drug-likeness (QED) is 0.775. The molecule has 24 heavy (non-hydrogen) atoms. The Kier molecular flexibility index (Phi) is 4.91. The first-order valence-electron chi connectivity index (χ1n) is 7.59. The molecule has 0 aliphatic rings. The number of amides is 1. The molecule has 0 atom stereocenters. The number of fused-ring (bicyclic) bond motifs is 1. The summed E-state index contributed by atoms with van der Waals surface area (Å²) in [5.74, 6) is -0.148. The Hall–Kier alpha value is -2.66. The van der Waals surface area contributed by atoms with Gasteiger partial charge in [-0.3, -0.25) is 14.3 Å². The zero-order chi connectivity index (χ0) is 16.9. The van der Waals surface area contributed by atoms with Crippen LogP contribution in [0.2, 0.25) is 5.02 Å². The van der Waals surface area contributed by atoms with Gasteiger partial charge in [-0.15, -0.1) is 0 Å². The number of hydrogen-bond acceptors (Lipinski definition) is 3. The highest BCUT2D eigenvalue weighted by molar-refractivity contribution is 6.30. The highest BCUT2D eigenvalue weighted by Gasteiger charge is 2.07. The van der Waals surface area contributed by atoms with Gasteiger partial charge in [0.15, 0.2) is 0 Å². The van der Waals surface area contributed by atoms with Crippen LogP contribution in [-0.4, -0.2) is 22.2 Å².